The molecule has 0 radical (unpaired) electrons. The summed E-state index contributed by atoms with van der Waals surface area (Å²) < 4.78 is 11.9. The molecule has 5 heteroatoms. The van der Waals surface area contributed by atoms with Gasteiger partial charge in [0.15, 0.2) is 0 Å². The molecule has 0 aromatic heterocycles. The zero-order valence-corrected chi connectivity index (χ0v) is 17.9. The van der Waals surface area contributed by atoms with E-state index in [9.17, 15) is 0 Å². The molecule has 0 bridgehead atoms. The highest BCUT2D eigenvalue weighted by Gasteiger charge is 2.22. The third-order valence-electron chi connectivity index (χ3n) is 5.14. The highest BCUT2D eigenvalue weighted by atomic mass is 16.5. The second kappa shape index (κ2) is 11.5. The Morgan fingerprint density at radius 1 is 0.600 bits per heavy atom. The third-order valence-corrected chi connectivity index (χ3v) is 5.14. The minimum atomic E-state index is 0.167. The van der Waals surface area contributed by atoms with Gasteiger partial charge in [-0.15, -0.1) is 0 Å². The van der Waals surface area contributed by atoms with E-state index in [-0.39, 0.29) is 5.54 Å². The number of rotatable bonds is 2. The average Bonchev–Trinajstić information content (AvgIpc) is 2.50. The van der Waals surface area contributed by atoms with Crippen molar-refractivity contribution in [1.82, 2.24) is 14.7 Å². The molecule has 1 aliphatic heterocycles. The van der Waals surface area contributed by atoms with E-state index in [1.165, 1.54) is 0 Å². The smallest absolute Gasteiger partial charge is 0.0594 e. The summed E-state index contributed by atoms with van der Waals surface area (Å²) in [7, 11) is 0. The Labute approximate surface area is 156 Å². The molecular weight excluding hydrogens is 314 g/mol. The van der Waals surface area contributed by atoms with E-state index >= 15 is 0 Å². The van der Waals surface area contributed by atoms with Crippen molar-refractivity contribution in [2.24, 2.45) is 0 Å². The monoisotopic (exact) mass is 357 g/mol. The Bertz CT molecular complexity index is 342. The van der Waals surface area contributed by atoms with Crippen LogP contribution >= 0.6 is 0 Å². The van der Waals surface area contributed by atoms with Crippen LogP contribution in [0.3, 0.4) is 0 Å². The van der Waals surface area contributed by atoms with Crippen LogP contribution in [-0.4, -0.2) is 98.0 Å². The van der Waals surface area contributed by atoms with Crippen LogP contribution in [0, 0.1) is 0 Å². The van der Waals surface area contributed by atoms with Crippen molar-refractivity contribution in [2.45, 2.75) is 66.1 Å². The predicted molar refractivity (Wildman–Crippen MR) is 106 cm³/mol. The van der Waals surface area contributed by atoms with Crippen LogP contribution in [0.25, 0.3) is 0 Å². The molecule has 0 amide bonds. The highest BCUT2D eigenvalue weighted by molar-refractivity contribution is 4.78. The summed E-state index contributed by atoms with van der Waals surface area (Å²) in [4.78, 5) is 7.52. The molecule has 5 nitrogen and oxygen atoms in total. The minimum absolute atomic E-state index is 0.167. The molecule has 0 aliphatic carbocycles. The predicted octanol–water partition coefficient (Wildman–Crippen LogP) is 2.55. The molecule has 0 saturated carbocycles. The van der Waals surface area contributed by atoms with Crippen LogP contribution in [0.4, 0.5) is 0 Å². The van der Waals surface area contributed by atoms with Crippen LogP contribution in [0.5, 0.6) is 0 Å². The normalized spacial score (nSPS) is 22.9. The van der Waals surface area contributed by atoms with Crippen LogP contribution in [0.1, 0.15) is 48.5 Å². The third kappa shape index (κ3) is 9.34. The molecule has 0 aromatic rings. The average molecular weight is 358 g/mol. The minimum Gasteiger partial charge on any atom is -0.379 e. The lowest BCUT2D eigenvalue weighted by Gasteiger charge is -2.38. The largest absolute Gasteiger partial charge is 0.379 e. The summed E-state index contributed by atoms with van der Waals surface area (Å²) in [6.45, 7) is 25.3. The molecule has 0 aromatic carbocycles. The van der Waals surface area contributed by atoms with Gasteiger partial charge in [-0.25, -0.2) is 0 Å². The second-order valence-electron chi connectivity index (χ2n) is 8.64. The maximum Gasteiger partial charge on any atom is 0.0594 e. The highest BCUT2D eigenvalue weighted by Crippen LogP contribution is 2.13. The number of hydrogen-bond donors (Lipinski definition) is 0. The summed E-state index contributed by atoms with van der Waals surface area (Å²) in [6.07, 6.45) is 0. The molecule has 0 N–H and O–H groups in total. The van der Waals surface area contributed by atoms with E-state index in [0.717, 1.165) is 65.7 Å². The van der Waals surface area contributed by atoms with E-state index in [1.807, 2.05) is 0 Å². The fourth-order valence-corrected chi connectivity index (χ4v) is 3.21. The Morgan fingerprint density at radius 3 is 1.40 bits per heavy atom. The standard InChI is InChI=1S/C20H43N3O2/c1-18(2)21-8-9-23(20(5,6)7)13-17-25-16-12-22(19(3)4)11-15-24-14-10-21/h18-19H,8-17H2,1-7H3. The number of nitrogens with zero attached hydrogens (tertiary/aromatic N) is 3. The van der Waals surface area contributed by atoms with Gasteiger partial charge in [-0.1, -0.05) is 0 Å². The molecule has 1 fully saturated rings. The molecule has 0 atom stereocenters. The van der Waals surface area contributed by atoms with Crippen LogP contribution < -0.4 is 0 Å². The summed E-state index contributed by atoms with van der Waals surface area (Å²) >= 11 is 0. The number of hydrogen-bond acceptors (Lipinski definition) is 5. The zero-order valence-electron chi connectivity index (χ0n) is 17.9. The fourth-order valence-electron chi connectivity index (χ4n) is 3.21. The zero-order chi connectivity index (χ0) is 18.9. The summed E-state index contributed by atoms with van der Waals surface area (Å²) in [5.41, 5.74) is 0.167. The van der Waals surface area contributed by atoms with Crippen molar-refractivity contribution >= 4 is 0 Å². The van der Waals surface area contributed by atoms with Gasteiger partial charge in [0.05, 0.1) is 26.4 Å². The number of ether oxygens (including phenoxy) is 2. The van der Waals surface area contributed by atoms with Crippen molar-refractivity contribution in [2.75, 3.05) is 65.7 Å². The molecular formula is C20H43N3O2. The maximum absolute atomic E-state index is 5.95. The van der Waals surface area contributed by atoms with Crippen LogP contribution in [0.15, 0.2) is 0 Å². The first-order chi connectivity index (χ1) is 11.7. The Morgan fingerprint density at radius 2 is 1.00 bits per heavy atom. The van der Waals surface area contributed by atoms with Gasteiger partial charge in [-0.3, -0.25) is 14.7 Å². The van der Waals surface area contributed by atoms with Crippen molar-refractivity contribution < 1.29 is 9.47 Å². The summed E-state index contributed by atoms with van der Waals surface area (Å²) in [5.74, 6) is 0. The Balaban J connectivity index is 2.69. The first kappa shape index (κ1) is 22.8. The lowest BCUT2D eigenvalue weighted by atomic mass is 10.1. The quantitative estimate of drug-likeness (QED) is 0.757. The van der Waals surface area contributed by atoms with Gasteiger partial charge >= 0.3 is 0 Å². The molecule has 1 heterocycles. The topological polar surface area (TPSA) is 28.2 Å². The van der Waals surface area contributed by atoms with Crippen molar-refractivity contribution in [3.05, 3.63) is 0 Å². The van der Waals surface area contributed by atoms with Gasteiger partial charge < -0.3 is 9.47 Å². The first-order valence-corrected chi connectivity index (χ1v) is 10.1. The molecule has 1 saturated heterocycles. The lowest BCUT2D eigenvalue weighted by molar-refractivity contribution is 0.0437. The van der Waals surface area contributed by atoms with Crippen LogP contribution in [0.2, 0.25) is 0 Å². The molecule has 0 unspecified atom stereocenters. The van der Waals surface area contributed by atoms with Crippen molar-refractivity contribution in [1.29, 1.82) is 0 Å². The second-order valence-corrected chi connectivity index (χ2v) is 8.64. The van der Waals surface area contributed by atoms with Gasteiger partial charge in [0, 0.05) is 56.9 Å². The van der Waals surface area contributed by atoms with E-state index in [2.05, 4.69) is 63.2 Å². The van der Waals surface area contributed by atoms with E-state index in [0.29, 0.717) is 12.1 Å². The Hall–Kier alpha value is -0.200. The SMILES string of the molecule is CC(C)N1CCOCCN(C(C)C)CCN(C(C)(C)C)CCOCC1. The van der Waals surface area contributed by atoms with Crippen molar-refractivity contribution in [3.8, 4) is 0 Å². The molecule has 1 aliphatic rings. The van der Waals surface area contributed by atoms with Crippen molar-refractivity contribution in [3.63, 3.8) is 0 Å². The molecule has 0 spiro atoms. The van der Waals surface area contributed by atoms with Gasteiger partial charge in [0.2, 0.25) is 0 Å². The van der Waals surface area contributed by atoms with Gasteiger partial charge in [0.1, 0.15) is 0 Å². The fraction of sp³-hybridized carbons (Fsp3) is 1.00. The Kier molecular flexibility index (Phi) is 10.5. The lowest BCUT2D eigenvalue weighted by Crippen LogP contribution is -2.48. The van der Waals surface area contributed by atoms with E-state index in [4.69, 9.17) is 9.47 Å². The molecule has 150 valence electrons. The van der Waals surface area contributed by atoms with E-state index in [1.54, 1.807) is 0 Å². The molecule has 1 rings (SSSR count). The van der Waals surface area contributed by atoms with E-state index < -0.39 is 0 Å². The van der Waals surface area contributed by atoms with Gasteiger partial charge in [0.25, 0.3) is 0 Å². The summed E-state index contributed by atoms with van der Waals surface area (Å²) in [6, 6.07) is 1.07. The van der Waals surface area contributed by atoms with Crippen LogP contribution in [-0.2, 0) is 9.47 Å². The summed E-state index contributed by atoms with van der Waals surface area (Å²) in [5, 5.41) is 0. The maximum atomic E-state index is 5.95. The first-order valence-electron chi connectivity index (χ1n) is 10.1. The molecule has 25 heavy (non-hydrogen) atoms. The van der Waals surface area contributed by atoms with Gasteiger partial charge in [-0.05, 0) is 48.5 Å². The van der Waals surface area contributed by atoms with Gasteiger partial charge in [-0.2, -0.15) is 0 Å².